The monoisotopic (exact) mass is 392 g/mol. The Morgan fingerprint density at radius 3 is 1.97 bits per heavy atom. The van der Waals surface area contributed by atoms with Crippen molar-refractivity contribution in [3.05, 3.63) is 83.9 Å². The summed E-state index contributed by atoms with van der Waals surface area (Å²) < 4.78 is 1.60. The van der Waals surface area contributed by atoms with E-state index in [1.807, 2.05) is 67.6 Å². The minimum Gasteiger partial charge on any atom is -0.390 e. The molecule has 0 aliphatic rings. The molecule has 7 nitrogen and oxygen atoms in total. The molecular weight excluding hydrogens is 368 g/mol. The van der Waals surface area contributed by atoms with Crippen LogP contribution in [-0.4, -0.2) is 34.8 Å². The summed E-state index contributed by atoms with van der Waals surface area (Å²) in [6.45, 7) is 1.63. The van der Waals surface area contributed by atoms with E-state index in [9.17, 15) is 0 Å². The molecule has 0 saturated heterocycles. The Morgan fingerprint density at radius 2 is 1.45 bits per heavy atom. The smallest absolute Gasteiger partial charge is 0.142 e. The summed E-state index contributed by atoms with van der Waals surface area (Å²) in [5, 5.41) is 27.1. The Morgan fingerprint density at radius 1 is 0.828 bits per heavy atom. The summed E-state index contributed by atoms with van der Waals surface area (Å²) in [4.78, 5) is 11.7. The summed E-state index contributed by atoms with van der Waals surface area (Å²) in [7, 11) is 0. The summed E-state index contributed by atoms with van der Waals surface area (Å²) in [5.74, 6) is 1.48. The van der Waals surface area contributed by atoms with E-state index in [0.717, 1.165) is 22.6 Å². The molecule has 29 heavy (non-hydrogen) atoms. The number of aryl methyl sites for hydroxylation is 1. The van der Waals surface area contributed by atoms with Crippen LogP contribution in [-0.2, 0) is 19.9 Å². The van der Waals surface area contributed by atoms with Crippen molar-refractivity contribution in [3.63, 3.8) is 0 Å². The lowest BCUT2D eigenvalue weighted by molar-refractivity contribution is 0.211. The third kappa shape index (κ3) is 4.97. The molecule has 2 aromatic heterocycles. The number of nitrogens with zero attached hydrogens (tertiary/aromatic N) is 3. The molecule has 2 aromatic carbocycles. The number of aliphatic hydroxyl groups excluding tert-OH is 3. The van der Waals surface area contributed by atoms with Crippen molar-refractivity contribution in [1.29, 1.82) is 0 Å². The zero-order valence-corrected chi connectivity index (χ0v) is 16.2. The van der Waals surface area contributed by atoms with Crippen LogP contribution in [0.2, 0.25) is 0 Å². The molecule has 4 rings (SSSR count). The Kier molecular flexibility index (Phi) is 6.91. The van der Waals surface area contributed by atoms with Crippen LogP contribution in [0.5, 0.6) is 0 Å². The molecule has 7 heteroatoms. The number of aromatic amines is 1. The number of benzene rings is 2. The molecule has 0 atom stereocenters. The normalized spacial score (nSPS) is 10.5. The van der Waals surface area contributed by atoms with Crippen LogP contribution in [0.3, 0.4) is 0 Å². The average Bonchev–Trinajstić information content (AvgIpc) is 3.38. The first-order valence-corrected chi connectivity index (χ1v) is 9.21. The van der Waals surface area contributed by atoms with Gasteiger partial charge >= 0.3 is 0 Å². The van der Waals surface area contributed by atoms with E-state index in [0.29, 0.717) is 17.2 Å². The number of rotatable bonds is 5. The molecule has 4 N–H and O–H groups in total. The third-order valence-electron chi connectivity index (χ3n) is 4.36. The minimum atomic E-state index is -0.142. The molecule has 0 saturated carbocycles. The number of hydrogen-bond acceptors (Lipinski definition) is 5. The van der Waals surface area contributed by atoms with Crippen LogP contribution in [0.4, 0.5) is 0 Å². The molecule has 4 aromatic rings. The first-order valence-electron chi connectivity index (χ1n) is 9.21. The maximum Gasteiger partial charge on any atom is 0.142 e. The van der Waals surface area contributed by atoms with E-state index in [2.05, 4.69) is 15.0 Å². The molecule has 0 unspecified atom stereocenters. The second-order valence-corrected chi connectivity index (χ2v) is 6.37. The number of aliphatic hydroxyl groups is 3. The van der Waals surface area contributed by atoms with Crippen molar-refractivity contribution >= 4 is 0 Å². The second kappa shape index (κ2) is 9.79. The Labute approximate surface area is 169 Å². The predicted octanol–water partition coefficient (Wildman–Crippen LogP) is 2.87. The first-order chi connectivity index (χ1) is 14.2. The van der Waals surface area contributed by atoms with Crippen molar-refractivity contribution in [3.8, 4) is 22.8 Å². The highest BCUT2D eigenvalue weighted by Gasteiger charge is 2.08. The Balaban J connectivity index is 0.000000166. The standard InChI is InChI=1S/C11H12N2O2.C11H12N2O/c14-7-10-6-13(8-15)11(12-10)9-4-2-1-3-5-9;1-8-10(7-14)13-11(12-8)9-5-3-2-4-6-9/h1-6,14-15H,7-8H2;2-6,14H,7H2,1H3,(H,12,13). The molecule has 0 spiro atoms. The molecule has 0 radical (unpaired) electrons. The number of H-pyrrole nitrogens is 1. The van der Waals surface area contributed by atoms with E-state index < -0.39 is 0 Å². The van der Waals surface area contributed by atoms with E-state index in [1.165, 1.54) is 0 Å². The lowest BCUT2D eigenvalue weighted by atomic mass is 10.2. The summed E-state index contributed by atoms with van der Waals surface area (Å²) in [6.07, 6.45) is 1.64. The zero-order valence-electron chi connectivity index (χ0n) is 16.2. The van der Waals surface area contributed by atoms with Crippen molar-refractivity contribution in [1.82, 2.24) is 19.5 Å². The highest BCUT2D eigenvalue weighted by atomic mass is 16.3. The van der Waals surface area contributed by atoms with Gasteiger partial charge in [0.25, 0.3) is 0 Å². The topological polar surface area (TPSA) is 107 Å². The van der Waals surface area contributed by atoms with Crippen LogP contribution in [0.1, 0.15) is 17.1 Å². The lowest BCUT2D eigenvalue weighted by Crippen LogP contribution is -1.97. The lowest BCUT2D eigenvalue weighted by Gasteiger charge is -2.02. The highest BCUT2D eigenvalue weighted by Crippen LogP contribution is 2.18. The van der Waals surface area contributed by atoms with Gasteiger partial charge < -0.3 is 24.9 Å². The largest absolute Gasteiger partial charge is 0.390 e. The van der Waals surface area contributed by atoms with E-state index in [-0.39, 0.29) is 19.9 Å². The number of aromatic nitrogens is 4. The van der Waals surface area contributed by atoms with Gasteiger partial charge in [0.15, 0.2) is 0 Å². The summed E-state index contributed by atoms with van der Waals surface area (Å²) in [5.41, 5.74) is 4.15. The van der Waals surface area contributed by atoms with Gasteiger partial charge in [0, 0.05) is 23.0 Å². The van der Waals surface area contributed by atoms with Gasteiger partial charge in [0.05, 0.1) is 24.6 Å². The average molecular weight is 392 g/mol. The molecule has 0 aliphatic heterocycles. The maximum absolute atomic E-state index is 9.13. The van der Waals surface area contributed by atoms with E-state index in [1.54, 1.807) is 10.8 Å². The van der Waals surface area contributed by atoms with Gasteiger partial charge in [-0.25, -0.2) is 9.97 Å². The van der Waals surface area contributed by atoms with Crippen LogP contribution in [0.15, 0.2) is 66.9 Å². The molecule has 0 aliphatic carbocycles. The second-order valence-electron chi connectivity index (χ2n) is 6.37. The summed E-state index contributed by atoms with van der Waals surface area (Å²) in [6, 6.07) is 19.4. The van der Waals surface area contributed by atoms with Gasteiger partial charge in [-0.3, -0.25) is 0 Å². The van der Waals surface area contributed by atoms with Gasteiger partial charge in [-0.1, -0.05) is 60.7 Å². The minimum absolute atomic E-state index is 0.0187. The van der Waals surface area contributed by atoms with Crippen LogP contribution >= 0.6 is 0 Å². The van der Waals surface area contributed by atoms with Crippen molar-refractivity contribution in [2.24, 2.45) is 0 Å². The Hall–Kier alpha value is -3.26. The van der Waals surface area contributed by atoms with Gasteiger partial charge in [0.2, 0.25) is 0 Å². The van der Waals surface area contributed by atoms with Gasteiger partial charge in [0.1, 0.15) is 18.4 Å². The zero-order chi connectivity index (χ0) is 20.6. The SMILES string of the molecule is Cc1[nH]c(-c2ccccc2)nc1CO.OCc1cn(CO)c(-c2ccccc2)n1. The van der Waals surface area contributed by atoms with E-state index in [4.69, 9.17) is 15.3 Å². The predicted molar refractivity (Wildman–Crippen MR) is 110 cm³/mol. The van der Waals surface area contributed by atoms with Gasteiger partial charge in [-0.15, -0.1) is 0 Å². The fourth-order valence-electron chi connectivity index (χ4n) is 2.85. The van der Waals surface area contributed by atoms with Crippen LogP contribution in [0.25, 0.3) is 22.8 Å². The molecular formula is C22H24N4O3. The number of nitrogens with one attached hydrogen (secondary N) is 1. The van der Waals surface area contributed by atoms with Crippen LogP contribution < -0.4 is 0 Å². The molecule has 2 heterocycles. The fraction of sp³-hybridized carbons (Fsp3) is 0.182. The molecule has 150 valence electrons. The Bertz CT molecular complexity index is 1030. The fourth-order valence-corrected chi connectivity index (χ4v) is 2.85. The number of imidazole rings is 2. The van der Waals surface area contributed by atoms with Crippen LogP contribution in [0, 0.1) is 6.92 Å². The van der Waals surface area contributed by atoms with Gasteiger partial charge in [-0.05, 0) is 6.92 Å². The highest BCUT2D eigenvalue weighted by molar-refractivity contribution is 5.56. The summed E-state index contributed by atoms with van der Waals surface area (Å²) >= 11 is 0. The number of hydrogen-bond donors (Lipinski definition) is 4. The molecule has 0 fully saturated rings. The molecule has 0 amide bonds. The third-order valence-corrected chi connectivity index (χ3v) is 4.36. The first kappa shape index (κ1) is 20.5. The van der Waals surface area contributed by atoms with Crippen molar-refractivity contribution in [2.75, 3.05) is 0 Å². The molecule has 0 bridgehead atoms. The quantitative estimate of drug-likeness (QED) is 0.418. The maximum atomic E-state index is 9.13. The van der Waals surface area contributed by atoms with Gasteiger partial charge in [-0.2, -0.15) is 0 Å². The van der Waals surface area contributed by atoms with Crippen molar-refractivity contribution < 1.29 is 15.3 Å². The van der Waals surface area contributed by atoms with E-state index >= 15 is 0 Å². The van der Waals surface area contributed by atoms with Crippen molar-refractivity contribution in [2.45, 2.75) is 26.9 Å².